The molecule has 0 amide bonds. The highest BCUT2D eigenvalue weighted by molar-refractivity contribution is 7.07. The van der Waals surface area contributed by atoms with Crippen LogP contribution in [0.25, 0.3) is 0 Å². The SMILES string of the molecule is CC1CCC(CCc2ccsc2)(C(=O)O)CC1. The van der Waals surface area contributed by atoms with E-state index in [0.717, 1.165) is 38.5 Å². The van der Waals surface area contributed by atoms with Crippen molar-refractivity contribution < 1.29 is 9.90 Å². The third-order valence-electron chi connectivity index (χ3n) is 4.16. The summed E-state index contributed by atoms with van der Waals surface area (Å²) in [6.07, 6.45) is 5.54. The van der Waals surface area contributed by atoms with Gasteiger partial charge in [-0.05, 0) is 66.8 Å². The zero-order valence-corrected chi connectivity index (χ0v) is 11.1. The largest absolute Gasteiger partial charge is 0.481 e. The van der Waals surface area contributed by atoms with Gasteiger partial charge in [0.2, 0.25) is 0 Å². The summed E-state index contributed by atoms with van der Waals surface area (Å²) in [5, 5.41) is 13.7. The lowest BCUT2D eigenvalue weighted by molar-refractivity contribution is -0.152. The number of carboxylic acid groups (broad SMARTS) is 1. The quantitative estimate of drug-likeness (QED) is 0.880. The molecule has 1 aliphatic carbocycles. The van der Waals surface area contributed by atoms with Crippen LogP contribution in [0.1, 0.15) is 44.6 Å². The summed E-state index contributed by atoms with van der Waals surface area (Å²) in [7, 11) is 0. The molecule has 2 nitrogen and oxygen atoms in total. The number of rotatable bonds is 4. The molecule has 1 heterocycles. The van der Waals surface area contributed by atoms with Gasteiger partial charge in [0.1, 0.15) is 0 Å². The maximum absolute atomic E-state index is 11.5. The van der Waals surface area contributed by atoms with E-state index in [-0.39, 0.29) is 0 Å². The summed E-state index contributed by atoms with van der Waals surface area (Å²) >= 11 is 1.69. The van der Waals surface area contributed by atoms with Gasteiger partial charge in [-0.3, -0.25) is 4.79 Å². The van der Waals surface area contributed by atoms with E-state index in [9.17, 15) is 9.90 Å². The molecule has 1 N–H and O–H groups in total. The fraction of sp³-hybridized carbons (Fsp3) is 0.643. The summed E-state index contributed by atoms with van der Waals surface area (Å²) in [5.74, 6) is 0.114. The molecule has 94 valence electrons. The second kappa shape index (κ2) is 5.21. The van der Waals surface area contributed by atoms with Crippen LogP contribution < -0.4 is 0 Å². The zero-order valence-electron chi connectivity index (χ0n) is 10.3. The van der Waals surface area contributed by atoms with Crippen molar-refractivity contribution in [2.24, 2.45) is 11.3 Å². The second-order valence-corrected chi connectivity index (χ2v) is 6.18. The normalized spacial score (nSPS) is 29.1. The highest BCUT2D eigenvalue weighted by Gasteiger charge is 2.40. The Balaban J connectivity index is 2.00. The van der Waals surface area contributed by atoms with E-state index in [1.165, 1.54) is 5.56 Å². The van der Waals surface area contributed by atoms with Gasteiger partial charge in [0, 0.05) is 0 Å². The molecule has 1 fully saturated rings. The fourth-order valence-corrected chi connectivity index (χ4v) is 3.41. The summed E-state index contributed by atoms with van der Waals surface area (Å²) in [6.45, 7) is 2.23. The van der Waals surface area contributed by atoms with Gasteiger partial charge in [-0.15, -0.1) is 0 Å². The molecule has 0 atom stereocenters. The number of carboxylic acids is 1. The standard InChI is InChI=1S/C14H20O2S/c1-11-2-6-14(7-3-11,13(15)16)8-4-12-5-9-17-10-12/h5,9-11H,2-4,6-8H2,1H3,(H,15,16). The maximum atomic E-state index is 11.5. The van der Waals surface area contributed by atoms with Crippen molar-refractivity contribution in [3.63, 3.8) is 0 Å². The highest BCUT2D eigenvalue weighted by atomic mass is 32.1. The van der Waals surface area contributed by atoms with E-state index < -0.39 is 11.4 Å². The molecular formula is C14H20O2S. The summed E-state index contributed by atoms with van der Waals surface area (Å²) in [6, 6.07) is 2.10. The maximum Gasteiger partial charge on any atom is 0.309 e. The molecule has 17 heavy (non-hydrogen) atoms. The van der Waals surface area contributed by atoms with Crippen LogP contribution in [-0.4, -0.2) is 11.1 Å². The van der Waals surface area contributed by atoms with Crippen molar-refractivity contribution in [1.29, 1.82) is 0 Å². The van der Waals surface area contributed by atoms with Gasteiger partial charge >= 0.3 is 5.97 Å². The molecule has 0 aromatic carbocycles. The summed E-state index contributed by atoms with van der Waals surface area (Å²) in [5.41, 5.74) is 0.836. The minimum absolute atomic E-state index is 0.450. The Morgan fingerprint density at radius 2 is 2.24 bits per heavy atom. The molecule has 1 aliphatic rings. The number of aliphatic carboxylic acids is 1. The molecule has 2 rings (SSSR count). The van der Waals surface area contributed by atoms with Crippen LogP contribution >= 0.6 is 11.3 Å². The number of carbonyl (C=O) groups is 1. The molecule has 0 radical (unpaired) electrons. The molecule has 0 unspecified atom stereocenters. The lowest BCUT2D eigenvalue weighted by Crippen LogP contribution is -2.35. The van der Waals surface area contributed by atoms with Crippen LogP contribution in [0.4, 0.5) is 0 Å². The van der Waals surface area contributed by atoms with Gasteiger partial charge in [-0.2, -0.15) is 11.3 Å². The zero-order chi connectivity index (χ0) is 12.3. The topological polar surface area (TPSA) is 37.3 Å². The van der Waals surface area contributed by atoms with Gasteiger partial charge in [-0.25, -0.2) is 0 Å². The van der Waals surface area contributed by atoms with E-state index in [0.29, 0.717) is 5.92 Å². The molecule has 0 spiro atoms. The monoisotopic (exact) mass is 252 g/mol. The Morgan fingerprint density at radius 1 is 1.53 bits per heavy atom. The average Bonchev–Trinajstić information content (AvgIpc) is 2.81. The van der Waals surface area contributed by atoms with Crippen LogP contribution in [-0.2, 0) is 11.2 Å². The van der Waals surface area contributed by atoms with Crippen LogP contribution in [0.15, 0.2) is 16.8 Å². The first-order valence-electron chi connectivity index (χ1n) is 6.37. The summed E-state index contributed by atoms with van der Waals surface area (Å²) < 4.78 is 0. The van der Waals surface area contributed by atoms with Crippen molar-refractivity contribution in [3.05, 3.63) is 22.4 Å². The van der Waals surface area contributed by atoms with Crippen molar-refractivity contribution in [2.75, 3.05) is 0 Å². The van der Waals surface area contributed by atoms with E-state index in [1.807, 2.05) is 0 Å². The van der Waals surface area contributed by atoms with Gasteiger partial charge in [0.25, 0.3) is 0 Å². The minimum atomic E-state index is -0.584. The Morgan fingerprint density at radius 3 is 2.76 bits per heavy atom. The third-order valence-corrected chi connectivity index (χ3v) is 4.89. The van der Waals surface area contributed by atoms with Gasteiger partial charge in [-0.1, -0.05) is 6.92 Å². The predicted molar refractivity (Wildman–Crippen MR) is 70.3 cm³/mol. The van der Waals surface area contributed by atoms with Crippen molar-refractivity contribution in [1.82, 2.24) is 0 Å². The van der Waals surface area contributed by atoms with Crippen LogP contribution in [0.5, 0.6) is 0 Å². The number of aryl methyl sites for hydroxylation is 1. The molecule has 0 saturated heterocycles. The first-order valence-corrected chi connectivity index (χ1v) is 7.31. The molecule has 0 aliphatic heterocycles. The first-order chi connectivity index (χ1) is 8.12. The molecular weight excluding hydrogens is 232 g/mol. The van der Waals surface area contributed by atoms with Crippen LogP contribution in [0, 0.1) is 11.3 Å². The molecule has 3 heteroatoms. The number of thiophene rings is 1. The molecule has 1 saturated carbocycles. The third kappa shape index (κ3) is 2.89. The lowest BCUT2D eigenvalue weighted by atomic mass is 9.68. The molecule has 1 aromatic heterocycles. The predicted octanol–water partition coefficient (Wildman–Crippen LogP) is 3.96. The van der Waals surface area contributed by atoms with E-state index in [4.69, 9.17) is 0 Å². The van der Waals surface area contributed by atoms with Gasteiger partial charge in [0.05, 0.1) is 5.41 Å². The average molecular weight is 252 g/mol. The Hall–Kier alpha value is -0.830. The lowest BCUT2D eigenvalue weighted by Gasteiger charge is -2.35. The smallest absolute Gasteiger partial charge is 0.309 e. The van der Waals surface area contributed by atoms with E-state index in [1.54, 1.807) is 11.3 Å². The highest BCUT2D eigenvalue weighted by Crippen LogP contribution is 2.42. The van der Waals surface area contributed by atoms with E-state index >= 15 is 0 Å². The first kappa shape index (κ1) is 12.6. The Bertz CT molecular complexity index is 362. The van der Waals surface area contributed by atoms with E-state index in [2.05, 4.69) is 23.8 Å². The summed E-state index contributed by atoms with van der Waals surface area (Å²) in [4.78, 5) is 11.5. The van der Waals surface area contributed by atoms with Crippen LogP contribution in [0.2, 0.25) is 0 Å². The minimum Gasteiger partial charge on any atom is -0.481 e. The number of hydrogen-bond donors (Lipinski definition) is 1. The van der Waals surface area contributed by atoms with Crippen molar-refractivity contribution in [2.45, 2.75) is 45.4 Å². The second-order valence-electron chi connectivity index (χ2n) is 5.40. The van der Waals surface area contributed by atoms with Crippen molar-refractivity contribution in [3.8, 4) is 0 Å². The molecule has 1 aromatic rings. The number of hydrogen-bond acceptors (Lipinski definition) is 2. The Kier molecular flexibility index (Phi) is 3.87. The van der Waals surface area contributed by atoms with Gasteiger partial charge < -0.3 is 5.11 Å². The molecule has 0 bridgehead atoms. The van der Waals surface area contributed by atoms with Crippen LogP contribution in [0.3, 0.4) is 0 Å². The van der Waals surface area contributed by atoms with Crippen molar-refractivity contribution >= 4 is 17.3 Å². The van der Waals surface area contributed by atoms with Gasteiger partial charge in [0.15, 0.2) is 0 Å². The fourth-order valence-electron chi connectivity index (χ4n) is 2.70. The Labute approximate surface area is 107 Å².